The zero-order valence-corrected chi connectivity index (χ0v) is 25.8. The van der Waals surface area contributed by atoms with E-state index in [-0.39, 0.29) is 31.6 Å². The Morgan fingerprint density at radius 1 is 1.07 bits per heavy atom. The van der Waals surface area contributed by atoms with Crippen molar-refractivity contribution in [3.05, 3.63) is 84.7 Å². The van der Waals surface area contributed by atoms with E-state index in [0.717, 1.165) is 10.9 Å². The van der Waals surface area contributed by atoms with E-state index < -0.39 is 25.7 Å². The van der Waals surface area contributed by atoms with E-state index in [1.54, 1.807) is 23.0 Å². The molecule has 13 nitrogen and oxygen atoms in total. The molecule has 0 aliphatic carbocycles. The minimum absolute atomic E-state index is 0.0390. The lowest BCUT2D eigenvalue weighted by molar-refractivity contribution is -0.146. The van der Waals surface area contributed by atoms with Gasteiger partial charge >= 0.3 is 13.7 Å². The van der Waals surface area contributed by atoms with Gasteiger partial charge in [-0.2, -0.15) is 15.1 Å². The van der Waals surface area contributed by atoms with Crippen molar-refractivity contribution in [1.29, 1.82) is 0 Å². The number of anilines is 1. The molecule has 2 aromatic heterocycles. The van der Waals surface area contributed by atoms with E-state index in [0.29, 0.717) is 35.3 Å². The highest BCUT2D eigenvalue weighted by Crippen LogP contribution is 2.47. The van der Waals surface area contributed by atoms with Crippen LogP contribution in [0.25, 0.3) is 21.9 Å². The molecule has 0 saturated carbocycles. The van der Waals surface area contributed by atoms with Crippen molar-refractivity contribution >= 4 is 41.6 Å². The van der Waals surface area contributed by atoms with Crippen LogP contribution >= 0.6 is 7.75 Å². The SMILES string of the molecule is COc1nc(N)nc2c1ncn2CCC(CO)COP(=O)(N[C@@H](C)C(=O)OCc1ccccc1)Oc1cccc2ccccc12. The number of nitrogens with zero attached hydrogens (tertiary/aromatic N) is 4. The summed E-state index contributed by atoms with van der Waals surface area (Å²) in [6, 6.07) is 21.0. The highest BCUT2D eigenvalue weighted by atomic mass is 31.2. The largest absolute Gasteiger partial charge is 0.479 e. The third kappa shape index (κ3) is 7.95. The molecule has 5 rings (SSSR count). The van der Waals surface area contributed by atoms with E-state index in [9.17, 15) is 14.5 Å². The van der Waals surface area contributed by atoms with Gasteiger partial charge < -0.3 is 29.4 Å². The smallest absolute Gasteiger partial charge is 0.459 e. The molecule has 0 fully saturated rings. The van der Waals surface area contributed by atoms with Gasteiger partial charge in [-0.15, -0.1) is 0 Å². The number of imidazole rings is 1. The Balaban J connectivity index is 1.30. The van der Waals surface area contributed by atoms with Gasteiger partial charge in [0.25, 0.3) is 0 Å². The van der Waals surface area contributed by atoms with E-state index in [2.05, 4.69) is 20.0 Å². The molecule has 0 aliphatic heterocycles. The summed E-state index contributed by atoms with van der Waals surface area (Å²) in [4.78, 5) is 25.5. The monoisotopic (exact) mass is 634 g/mol. The number of rotatable bonds is 15. The van der Waals surface area contributed by atoms with Crippen molar-refractivity contribution in [1.82, 2.24) is 24.6 Å². The first-order valence-electron chi connectivity index (χ1n) is 14.3. The normalized spacial score (nSPS) is 14.1. The van der Waals surface area contributed by atoms with Gasteiger partial charge in [-0.25, -0.2) is 9.55 Å². The van der Waals surface area contributed by atoms with Crippen LogP contribution in [-0.4, -0.2) is 57.0 Å². The second-order valence-corrected chi connectivity index (χ2v) is 12.0. The number of nitrogen functional groups attached to an aromatic ring is 1. The van der Waals surface area contributed by atoms with Crippen molar-refractivity contribution in [2.24, 2.45) is 5.92 Å². The fourth-order valence-corrected chi connectivity index (χ4v) is 6.22. The Morgan fingerprint density at radius 2 is 1.82 bits per heavy atom. The zero-order valence-electron chi connectivity index (χ0n) is 24.9. The maximum Gasteiger partial charge on any atom is 0.459 e. The van der Waals surface area contributed by atoms with Crippen LogP contribution in [0.3, 0.4) is 0 Å². The summed E-state index contributed by atoms with van der Waals surface area (Å²) in [7, 11) is -2.73. The van der Waals surface area contributed by atoms with Gasteiger partial charge in [0, 0.05) is 24.5 Å². The summed E-state index contributed by atoms with van der Waals surface area (Å²) in [5.41, 5.74) is 7.57. The molecule has 45 heavy (non-hydrogen) atoms. The predicted molar refractivity (Wildman–Crippen MR) is 168 cm³/mol. The molecular weight excluding hydrogens is 599 g/mol. The average molecular weight is 635 g/mol. The first-order valence-corrected chi connectivity index (χ1v) is 15.9. The van der Waals surface area contributed by atoms with E-state index in [1.165, 1.54) is 14.0 Å². The fourth-order valence-electron chi connectivity index (χ4n) is 4.63. The number of aromatic nitrogens is 4. The Morgan fingerprint density at radius 3 is 2.60 bits per heavy atom. The van der Waals surface area contributed by atoms with Crippen LogP contribution < -0.4 is 20.1 Å². The topological polar surface area (TPSA) is 173 Å². The van der Waals surface area contributed by atoms with Gasteiger partial charge in [0.15, 0.2) is 11.2 Å². The number of hydrogen-bond acceptors (Lipinski definition) is 11. The number of methoxy groups -OCH3 is 1. The number of aliphatic hydroxyl groups excluding tert-OH is 1. The van der Waals surface area contributed by atoms with E-state index in [1.807, 2.05) is 60.7 Å². The maximum atomic E-state index is 14.2. The molecule has 0 saturated heterocycles. The Labute approximate surface area is 259 Å². The number of aryl methyl sites for hydroxylation is 1. The third-order valence-corrected chi connectivity index (χ3v) is 8.69. The number of esters is 1. The Hall–Kier alpha value is -4.55. The molecule has 3 atom stereocenters. The lowest BCUT2D eigenvalue weighted by Crippen LogP contribution is -2.35. The molecule has 0 bridgehead atoms. The number of fused-ring (bicyclic) bond motifs is 2. The van der Waals surface area contributed by atoms with Crippen LogP contribution in [0.15, 0.2) is 79.1 Å². The summed E-state index contributed by atoms with van der Waals surface area (Å²) >= 11 is 0. The van der Waals surface area contributed by atoms with Crippen LogP contribution in [0.1, 0.15) is 18.9 Å². The van der Waals surface area contributed by atoms with Crippen molar-refractivity contribution in [3.63, 3.8) is 0 Å². The molecule has 0 amide bonds. The molecular formula is C31H35N6O7P. The van der Waals surface area contributed by atoms with Crippen LogP contribution in [-0.2, 0) is 31.8 Å². The fraction of sp³-hybridized carbons (Fsp3) is 0.290. The number of ether oxygens (including phenoxy) is 2. The van der Waals surface area contributed by atoms with E-state index in [4.69, 9.17) is 24.3 Å². The summed E-state index contributed by atoms with van der Waals surface area (Å²) in [5, 5.41) is 14.5. The number of nitrogens with two attached hydrogens (primary N) is 1. The predicted octanol–water partition coefficient (Wildman–Crippen LogP) is 4.49. The quantitative estimate of drug-likeness (QED) is 0.109. The molecule has 5 aromatic rings. The van der Waals surface area contributed by atoms with Crippen molar-refractivity contribution in [3.8, 4) is 11.6 Å². The summed E-state index contributed by atoms with van der Waals surface area (Å²) in [5.74, 6) is -0.489. The third-order valence-electron chi connectivity index (χ3n) is 7.06. The van der Waals surface area contributed by atoms with E-state index >= 15 is 0 Å². The molecule has 236 valence electrons. The van der Waals surface area contributed by atoms with Crippen LogP contribution in [0.2, 0.25) is 0 Å². The van der Waals surface area contributed by atoms with Crippen molar-refractivity contribution in [2.45, 2.75) is 32.5 Å². The Bertz CT molecular complexity index is 1800. The zero-order chi connectivity index (χ0) is 31.8. The van der Waals surface area contributed by atoms with Gasteiger partial charge in [0.2, 0.25) is 11.8 Å². The summed E-state index contributed by atoms with van der Waals surface area (Å²) in [6.07, 6.45) is 1.98. The first-order chi connectivity index (χ1) is 21.8. The number of nitrogens with one attached hydrogen (secondary N) is 1. The number of carbonyl (C=O) groups is 1. The number of carbonyl (C=O) groups excluding carboxylic acids is 1. The number of benzene rings is 3. The highest BCUT2D eigenvalue weighted by molar-refractivity contribution is 7.52. The number of aliphatic hydroxyl groups is 1. The second-order valence-electron chi connectivity index (χ2n) is 10.3. The van der Waals surface area contributed by atoms with Crippen LogP contribution in [0.4, 0.5) is 5.95 Å². The summed E-state index contributed by atoms with van der Waals surface area (Å²) < 4.78 is 38.6. The molecule has 0 radical (unpaired) electrons. The minimum atomic E-state index is -4.19. The van der Waals surface area contributed by atoms with Crippen LogP contribution in [0.5, 0.6) is 11.6 Å². The lowest BCUT2D eigenvalue weighted by Gasteiger charge is -2.25. The molecule has 2 heterocycles. The van der Waals surface area contributed by atoms with Gasteiger partial charge in [-0.1, -0.05) is 66.7 Å². The lowest BCUT2D eigenvalue weighted by atomic mass is 10.1. The van der Waals surface area contributed by atoms with Gasteiger partial charge in [-0.05, 0) is 30.4 Å². The minimum Gasteiger partial charge on any atom is -0.479 e. The highest BCUT2D eigenvalue weighted by Gasteiger charge is 2.33. The van der Waals surface area contributed by atoms with Gasteiger partial charge in [-0.3, -0.25) is 9.32 Å². The Kier molecular flexibility index (Phi) is 10.3. The maximum absolute atomic E-state index is 14.2. The van der Waals surface area contributed by atoms with Crippen LogP contribution in [0, 0.1) is 5.92 Å². The van der Waals surface area contributed by atoms with Crippen molar-refractivity contribution < 1.29 is 33.0 Å². The summed E-state index contributed by atoms with van der Waals surface area (Å²) in [6.45, 7) is 1.54. The van der Waals surface area contributed by atoms with Gasteiger partial charge in [0.1, 0.15) is 18.4 Å². The molecule has 2 unspecified atom stereocenters. The first kappa shape index (κ1) is 31.9. The molecule has 0 aliphatic rings. The average Bonchev–Trinajstić information content (AvgIpc) is 3.46. The molecule has 3 aromatic carbocycles. The van der Waals surface area contributed by atoms with Crippen molar-refractivity contribution in [2.75, 3.05) is 26.1 Å². The molecule has 0 spiro atoms. The second kappa shape index (κ2) is 14.5. The standard InChI is InChI=1S/C31H35N6O7P/c1-21(30(39)42-18-22-9-4-3-5-10-22)36-45(40,44-26-14-8-12-24-11-6-7-13-25(24)26)43-19-23(17-38)15-16-37-20-33-27-28(37)34-31(32)35-29(27)41-2/h3-14,20-21,23,38H,15-19H2,1-2H3,(H,36,40)(H2,32,34,35)/t21-,23?,45?/m0/s1. The van der Waals surface area contributed by atoms with Gasteiger partial charge in [0.05, 0.1) is 20.0 Å². The number of hydrogen-bond donors (Lipinski definition) is 3. The molecule has 4 N–H and O–H groups in total. The molecule has 14 heteroatoms.